The summed E-state index contributed by atoms with van der Waals surface area (Å²) in [5.41, 5.74) is 0.0241. The fourth-order valence-corrected chi connectivity index (χ4v) is 1.64. The van der Waals surface area contributed by atoms with Crippen LogP contribution in [0.1, 0.15) is 18.5 Å². The highest BCUT2D eigenvalue weighted by Gasteiger charge is 2.31. The van der Waals surface area contributed by atoms with E-state index in [0.29, 0.717) is 0 Å². The van der Waals surface area contributed by atoms with Crippen LogP contribution in [0.5, 0.6) is 5.75 Å². The first-order valence-corrected chi connectivity index (χ1v) is 6.08. The summed E-state index contributed by atoms with van der Waals surface area (Å²) in [4.78, 5) is 11.7. The number of carbonyl (C=O) groups is 1. The van der Waals surface area contributed by atoms with Crippen LogP contribution in [-0.2, 0) is 9.53 Å². The fourth-order valence-electron chi connectivity index (χ4n) is 1.64. The number of methoxy groups -OCH3 is 1. The predicted molar refractivity (Wildman–Crippen MR) is 66.4 cm³/mol. The molecule has 21 heavy (non-hydrogen) atoms. The van der Waals surface area contributed by atoms with E-state index in [0.717, 1.165) is 6.07 Å². The molecule has 1 rings (SSSR count). The van der Waals surface area contributed by atoms with Gasteiger partial charge in [-0.2, -0.15) is 13.2 Å². The summed E-state index contributed by atoms with van der Waals surface area (Å²) in [5.74, 6) is -1.76. The second-order valence-corrected chi connectivity index (χ2v) is 4.08. The summed E-state index contributed by atoms with van der Waals surface area (Å²) in [6, 6.07) is 2.05. The molecule has 1 N–H and O–H groups in total. The summed E-state index contributed by atoms with van der Waals surface area (Å²) in [7, 11) is 1.25. The molecule has 0 amide bonds. The molecule has 0 aliphatic carbocycles. The topological polar surface area (TPSA) is 47.6 Å². The van der Waals surface area contributed by atoms with Gasteiger partial charge in [0, 0.05) is 0 Å². The molecule has 8 heteroatoms. The van der Waals surface area contributed by atoms with E-state index < -0.39 is 30.5 Å². The Labute approximate surface area is 119 Å². The van der Waals surface area contributed by atoms with Crippen LogP contribution in [0.25, 0.3) is 0 Å². The monoisotopic (exact) mass is 309 g/mol. The zero-order valence-electron chi connectivity index (χ0n) is 11.5. The van der Waals surface area contributed by atoms with Crippen LogP contribution in [0, 0.1) is 5.82 Å². The third-order valence-electron chi connectivity index (χ3n) is 2.54. The van der Waals surface area contributed by atoms with Gasteiger partial charge in [-0.15, -0.1) is 0 Å². The van der Waals surface area contributed by atoms with Crippen LogP contribution in [0.15, 0.2) is 18.2 Å². The Morgan fingerprint density at radius 2 is 2.05 bits per heavy atom. The van der Waals surface area contributed by atoms with Gasteiger partial charge < -0.3 is 9.47 Å². The van der Waals surface area contributed by atoms with Gasteiger partial charge in [0.2, 0.25) is 0 Å². The smallest absolute Gasteiger partial charge is 0.401 e. The summed E-state index contributed by atoms with van der Waals surface area (Å²) in [5, 5.41) is 2.02. The average Bonchev–Trinajstić information content (AvgIpc) is 2.38. The van der Waals surface area contributed by atoms with Gasteiger partial charge in [-0.1, -0.05) is 6.07 Å². The second-order valence-electron chi connectivity index (χ2n) is 4.08. The summed E-state index contributed by atoms with van der Waals surface area (Å²) >= 11 is 0. The van der Waals surface area contributed by atoms with Crippen LogP contribution in [0.3, 0.4) is 0 Å². The molecule has 0 aliphatic rings. The zero-order valence-corrected chi connectivity index (χ0v) is 11.5. The molecular formula is C13H15F4NO3. The van der Waals surface area contributed by atoms with Crippen molar-refractivity contribution in [3.8, 4) is 5.75 Å². The van der Waals surface area contributed by atoms with Gasteiger partial charge >= 0.3 is 12.1 Å². The molecule has 1 aromatic carbocycles. The van der Waals surface area contributed by atoms with Crippen molar-refractivity contribution >= 4 is 5.97 Å². The predicted octanol–water partition coefficient (Wildman–Crippen LogP) is 2.59. The minimum Gasteiger partial charge on any atom is -0.494 e. The number of ether oxygens (including phenoxy) is 2. The Morgan fingerprint density at radius 1 is 1.38 bits per heavy atom. The lowest BCUT2D eigenvalue weighted by molar-refractivity contribution is -0.149. The molecule has 1 aromatic rings. The van der Waals surface area contributed by atoms with Gasteiger partial charge in [0.1, 0.15) is 6.04 Å². The van der Waals surface area contributed by atoms with E-state index in [-0.39, 0.29) is 17.9 Å². The number of alkyl halides is 3. The van der Waals surface area contributed by atoms with Crippen LogP contribution < -0.4 is 10.1 Å². The Kier molecular flexibility index (Phi) is 5.95. The Hall–Kier alpha value is -1.83. The maximum atomic E-state index is 13.6. The number of carbonyl (C=O) groups excluding carboxylic acids is 1. The van der Waals surface area contributed by atoms with Crippen LogP contribution in [-0.4, -0.2) is 32.4 Å². The van der Waals surface area contributed by atoms with Crippen molar-refractivity contribution in [2.75, 3.05) is 20.3 Å². The first kappa shape index (κ1) is 17.2. The summed E-state index contributed by atoms with van der Waals surface area (Å²) < 4.78 is 59.8. The van der Waals surface area contributed by atoms with E-state index >= 15 is 0 Å². The molecule has 0 aromatic heterocycles. The fraction of sp³-hybridized carbons (Fsp3) is 0.462. The van der Waals surface area contributed by atoms with Crippen molar-refractivity contribution in [3.63, 3.8) is 0 Å². The number of benzene rings is 1. The molecule has 0 saturated carbocycles. The lowest BCUT2D eigenvalue weighted by Crippen LogP contribution is -2.37. The van der Waals surface area contributed by atoms with Gasteiger partial charge in [-0.3, -0.25) is 5.32 Å². The largest absolute Gasteiger partial charge is 0.494 e. The maximum absolute atomic E-state index is 13.6. The Bertz CT molecular complexity index is 491. The van der Waals surface area contributed by atoms with E-state index in [9.17, 15) is 22.4 Å². The molecule has 0 heterocycles. The van der Waals surface area contributed by atoms with E-state index in [4.69, 9.17) is 9.47 Å². The molecule has 0 spiro atoms. The number of hydrogen-bond acceptors (Lipinski definition) is 4. The van der Waals surface area contributed by atoms with Crippen molar-refractivity contribution in [1.29, 1.82) is 0 Å². The molecule has 0 fully saturated rings. The van der Waals surface area contributed by atoms with Gasteiger partial charge in [-0.05, 0) is 24.6 Å². The molecule has 0 aliphatic heterocycles. The first-order valence-electron chi connectivity index (χ1n) is 6.08. The lowest BCUT2D eigenvalue weighted by atomic mass is 10.1. The van der Waals surface area contributed by atoms with Gasteiger partial charge in [-0.25, -0.2) is 9.18 Å². The highest BCUT2D eigenvalue weighted by molar-refractivity contribution is 5.77. The Balaban J connectivity index is 2.99. The summed E-state index contributed by atoms with van der Waals surface area (Å²) in [6.45, 7) is 0.124. The molecule has 0 radical (unpaired) electrons. The highest BCUT2D eigenvalue weighted by atomic mass is 19.4. The molecular weight excluding hydrogens is 294 g/mol. The van der Waals surface area contributed by atoms with Gasteiger partial charge in [0.05, 0.1) is 20.3 Å². The van der Waals surface area contributed by atoms with E-state index in [1.54, 1.807) is 0 Å². The number of halogens is 4. The van der Waals surface area contributed by atoms with E-state index in [1.165, 1.54) is 26.2 Å². The number of hydrogen-bond donors (Lipinski definition) is 1. The van der Waals surface area contributed by atoms with Crippen molar-refractivity contribution in [1.82, 2.24) is 5.32 Å². The SMILES string of the molecule is CCOC(=O)C(NCC(F)(F)F)c1ccc(OC)c(F)c1. The third kappa shape index (κ3) is 5.22. The quantitative estimate of drug-likeness (QED) is 0.648. The normalized spacial score (nSPS) is 12.9. The van der Waals surface area contributed by atoms with Crippen LogP contribution in [0.4, 0.5) is 17.6 Å². The van der Waals surface area contributed by atoms with Crippen molar-refractivity contribution in [2.45, 2.75) is 19.1 Å². The van der Waals surface area contributed by atoms with E-state index in [2.05, 4.69) is 0 Å². The van der Waals surface area contributed by atoms with Crippen LogP contribution in [0.2, 0.25) is 0 Å². The number of esters is 1. The van der Waals surface area contributed by atoms with Crippen molar-refractivity contribution in [3.05, 3.63) is 29.6 Å². The minimum absolute atomic E-state index is 0.00165. The second kappa shape index (κ2) is 7.26. The van der Waals surface area contributed by atoms with E-state index in [1.807, 2.05) is 5.32 Å². The molecule has 1 unspecified atom stereocenters. The molecule has 0 bridgehead atoms. The standard InChI is InChI=1S/C13H15F4NO3/c1-3-21-12(19)11(18-7-13(15,16)17)8-4-5-10(20-2)9(14)6-8/h4-6,11,18H,3,7H2,1-2H3. The lowest BCUT2D eigenvalue weighted by Gasteiger charge is -2.19. The zero-order chi connectivity index (χ0) is 16.0. The molecule has 118 valence electrons. The highest BCUT2D eigenvalue weighted by Crippen LogP contribution is 2.24. The first-order chi connectivity index (χ1) is 9.78. The average molecular weight is 309 g/mol. The molecule has 4 nitrogen and oxygen atoms in total. The van der Waals surface area contributed by atoms with Crippen molar-refractivity contribution in [2.24, 2.45) is 0 Å². The number of nitrogens with one attached hydrogen (secondary N) is 1. The molecule has 1 atom stereocenters. The number of rotatable bonds is 6. The van der Waals surface area contributed by atoms with Crippen molar-refractivity contribution < 1.29 is 31.8 Å². The Morgan fingerprint density at radius 3 is 2.52 bits per heavy atom. The maximum Gasteiger partial charge on any atom is 0.401 e. The van der Waals surface area contributed by atoms with Crippen LogP contribution >= 0.6 is 0 Å². The third-order valence-corrected chi connectivity index (χ3v) is 2.54. The van der Waals surface area contributed by atoms with Gasteiger partial charge in [0.15, 0.2) is 11.6 Å². The summed E-state index contributed by atoms with van der Waals surface area (Å²) in [6.07, 6.45) is -4.50. The van der Waals surface area contributed by atoms with Gasteiger partial charge in [0.25, 0.3) is 0 Å². The minimum atomic E-state index is -4.50. The molecule has 0 saturated heterocycles.